The summed E-state index contributed by atoms with van der Waals surface area (Å²) >= 11 is 0. The minimum absolute atomic E-state index is 0.0656. The zero-order valence-electron chi connectivity index (χ0n) is 21.0. The van der Waals surface area contributed by atoms with Gasteiger partial charge in [0.05, 0.1) is 24.4 Å². The first kappa shape index (κ1) is 22.3. The molecule has 2 heterocycles. The Morgan fingerprint density at radius 1 is 0.906 bits per heavy atom. The molecule has 2 saturated heterocycles. The molecule has 4 aliphatic carbocycles. The lowest BCUT2D eigenvalue weighted by molar-refractivity contribution is -0.276. The third kappa shape index (κ3) is 2.65. The summed E-state index contributed by atoms with van der Waals surface area (Å²) in [5.41, 5.74) is -0.459. The Bertz CT molecular complexity index is 761. The molecule has 6 rings (SSSR count). The quantitative estimate of drug-likeness (QED) is 0.540. The first-order chi connectivity index (χ1) is 15.0. The van der Waals surface area contributed by atoms with Gasteiger partial charge in [-0.15, -0.1) is 0 Å². The van der Waals surface area contributed by atoms with Crippen molar-refractivity contribution in [1.29, 1.82) is 0 Å². The maximum absolute atomic E-state index is 11.9. The van der Waals surface area contributed by atoms with Crippen molar-refractivity contribution in [3.05, 3.63) is 0 Å². The van der Waals surface area contributed by atoms with Crippen molar-refractivity contribution in [2.24, 2.45) is 52.3 Å². The van der Waals surface area contributed by atoms with E-state index in [1.54, 1.807) is 0 Å². The van der Waals surface area contributed by atoms with Crippen molar-refractivity contribution in [2.45, 2.75) is 116 Å². The first-order valence-electron chi connectivity index (χ1n) is 13.8. The van der Waals surface area contributed by atoms with E-state index in [9.17, 15) is 10.2 Å². The number of ether oxygens (including phenoxy) is 2. The Labute approximate surface area is 194 Å². The van der Waals surface area contributed by atoms with Gasteiger partial charge in [0, 0.05) is 18.8 Å². The van der Waals surface area contributed by atoms with Crippen LogP contribution in [-0.4, -0.2) is 40.4 Å². The average molecular weight is 447 g/mol. The summed E-state index contributed by atoms with van der Waals surface area (Å²) in [5, 5.41) is 22.3. The minimum atomic E-state index is -0.714. The summed E-state index contributed by atoms with van der Waals surface area (Å²) in [5.74, 6) is 3.56. The fraction of sp³-hybridized carbons (Fsp3) is 1.00. The Morgan fingerprint density at radius 3 is 2.41 bits per heavy atom. The van der Waals surface area contributed by atoms with Gasteiger partial charge < -0.3 is 19.7 Å². The monoisotopic (exact) mass is 446 g/mol. The molecule has 182 valence electrons. The van der Waals surface area contributed by atoms with E-state index in [4.69, 9.17) is 9.47 Å². The van der Waals surface area contributed by atoms with Crippen LogP contribution in [0.15, 0.2) is 0 Å². The number of aliphatic hydroxyl groups is 2. The molecule has 2 N–H and O–H groups in total. The lowest BCUT2D eigenvalue weighted by atomic mass is 9.41. The van der Waals surface area contributed by atoms with E-state index >= 15 is 0 Å². The number of aliphatic hydroxyl groups excluding tert-OH is 1. The standard InChI is InChI=1S/C28H46O4/c1-16-6-11-28(31-15-16)18(3)24-23(32-28)13-22-20-12-17(2)27(30)14-19(29)7-10-26(27,5)21(20)8-9-25(22,24)4/h16-24,29-30H,6-15H2,1-5H3/t16-,17+,18-,19+,20+,21-,22-,23-,24-,25-,26+,27-,28+/m0/s1. The Kier molecular flexibility index (Phi) is 4.85. The van der Waals surface area contributed by atoms with Gasteiger partial charge in [-0.05, 0) is 91.3 Å². The summed E-state index contributed by atoms with van der Waals surface area (Å²) in [6, 6.07) is 0. The van der Waals surface area contributed by atoms with Crippen LogP contribution in [0, 0.1) is 52.3 Å². The molecule has 4 saturated carbocycles. The molecule has 32 heavy (non-hydrogen) atoms. The van der Waals surface area contributed by atoms with Crippen LogP contribution in [0.1, 0.15) is 92.4 Å². The lowest BCUT2D eigenvalue weighted by Gasteiger charge is -2.66. The Balaban J connectivity index is 1.30. The highest BCUT2D eigenvalue weighted by atomic mass is 16.7. The molecule has 0 aromatic rings. The van der Waals surface area contributed by atoms with Crippen LogP contribution in [0.2, 0.25) is 0 Å². The van der Waals surface area contributed by atoms with Crippen LogP contribution in [0.3, 0.4) is 0 Å². The molecule has 1 spiro atoms. The molecule has 4 heteroatoms. The Hall–Kier alpha value is -0.160. The molecular weight excluding hydrogens is 400 g/mol. The molecule has 2 aliphatic heterocycles. The van der Waals surface area contributed by atoms with Gasteiger partial charge in [0.25, 0.3) is 0 Å². The van der Waals surface area contributed by atoms with Crippen molar-refractivity contribution in [3.8, 4) is 0 Å². The number of fused-ring (bicyclic) bond motifs is 7. The molecule has 0 aromatic heterocycles. The van der Waals surface area contributed by atoms with Gasteiger partial charge in [0.1, 0.15) is 0 Å². The molecule has 4 nitrogen and oxygen atoms in total. The first-order valence-corrected chi connectivity index (χ1v) is 13.8. The van der Waals surface area contributed by atoms with Crippen molar-refractivity contribution < 1.29 is 19.7 Å². The van der Waals surface area contributed by atoms with Gasteiger partial charge in [-0.2, -0.15) is 0 Å². The van der Waals surface area contributed by atoms with Crippen molar-refractivity contribution >= 4 is 0 Å². The van der Waals surface area contributed by atoms with E-state index in [1.807, 2.05) is 0 Å². The van der Waals surface area contributed by atoms with Crippen LogP contribution in [0.25, 0.3) is 0 Å². The molecule has 0 amide bonds. The van der Waals surface area contributed by atoms with Gasteiger partial charge in [-0.3, -0.25) is 0 Å². The van der Waals surface area contributed by atoms with E-state index in [2.05, 4.69) is 34.6 Å². The highest BCUT2D eigenvalue weighted by Gasteiger charge is 2.71. The zero-order chi connectivity index (χ0) is 22.7. The number of rotatable bonds is 0. The van der Waals surface area contributed by atoms with Crippen LogP contribution < -0.4 is 0 Å². The average Bonchev–Trinajstić information content (AvgIpc) is 3.18. The van der Waals surface area contributed by atoms with Gasteiger partial charge in [0.2, 0.25) is 0 Å². The van der Waals surface area contributed by atoms with Gasteiger partial charge in [-0.1, -0.05) is 34.6 Å². The topological polar surface area (TPSA) is 58.9 Å². The summed E-state index contributed by atoms with van der Waals surface area (Å²) in [7, 11) is 0. The predicted molar refractivity (Wildman–Crippen MR) is 124 cm³/mol. The normalized spacial score (nSPS) is 64.0. The van der Waals surface area contributed by atoms with Gasteiger partial charge in [0.15, 0.2) is 5.79 Å². The van der Waals surface area contributed by atoms with E-state index in [-0.39, 0.29) is 23.2 Å². The molecule has 6 aliphatic rings. The predicted octanol–water partition coefficient (Wildman–Crippen LogP) is 5.15. The smallest absolute Gasteiger partial charge is 0.171 e. The molecule has 0 unspecified atom stereocenters. The second-order valence-electron chi connectivity index (χ2n) is 13.8. The molecule has 0 aromatic carbocycles. The number of hydrogen-bond acceptors (Lipinski definition) is 4. The highest BCUT2D eigenvalue weighted by Crippen LogP contribution is 2.72. The second-order valence-corrected chi connectivity index (χ2v) is 13.8. The van der Waals surface area contributed by atoms with Crippen LogP contribution in [-0.2, 0) is 9.47 Å². The van der Waals surface area contributed by atoms with Gasteiger partial charge in [-0.25, -0.2) is 0 Å². The van der Waals surface area contributed by atoms with Crippen LogP contribution in [0.4, 0.5) is 0 Å². The van der Waals surface area contributed by atoms with Crippen molar-refractivity contribution in [1.82, 2.24) is 0 Å². The summed E-state index contributed by atoms with van der Waals surface area (Å²) < 4.78 is 13.4. The third-order valence-corrected chi connectivity index (χ3v) is 12.5. The summed E-state index contributed by atoms with van der Waals surface area (Å²) in [4.78, 5) is 0. The minimum Gasteiger partial charge on any atom is -0.393 e. The fourth-order valence-electron chi connectivity index (χ4n) is 10.7. The van der Waals surface area contributed by atoms with E-state index in [0.717, 1.165) is 32.3 Å². The Morgan fingerprint density at radius 2 is 1.69 bits per heavy atom. The van der Waals surface area contributed by atoms with Crippen molar-refractivity contribution in [2.75, 3.05) is 6.61 Å². The number of hydrogen-bond donors (Lipinski definition) is 2. The lowest BCUT2D eigenvalue weighted by Crippen LogP contribution is -2.66. The van der Waals surface area contributed by atoms with E-state index in [0.29, 0.717) is 53.4 Å². The molecular formula is C28H46O4. The SMILES string of the molecule is C[C@H]1CC[C@@]2(OC1)O[C@H]1C[C@H]3[C@@H]4C[C@@H](C)[C@@]5(O)C[C@H](O)CC[C@]5(C)[C@H]4CC[C@]3(C)[C@H]1[C@@H]2C. The van der Waals surface area contributed by atoms with Crippen LogP contribution >= 0.6 is 0 Å². The van der Waals surface area contributed by atoms with Gasteiger partial charge >= 0.3 is 0 Å². The third-order valence-electron chi connectivity index (χ3n) is 12.5. The zero-order valence-corrected chi connectivity index (χ0v) is 21.0. The largest absolute Gasteiger partial charge is 0.393 e. The maximum atomic E-state index is 11.9. The summed E-state index contributed by atoms with van der Waals surface area (Å²) in [6.45, 7) is 12.8. The molecule has 0 bridgehead atoms. The van der Waals surface area contributed by atoms with E-state index < -0.39 is 5.60 Å². The maximum Gasteiger partial charge on any atom is 0.171 e. The summed E-state index contributed by atoms with van der Waals surface area (Å²) in [6.07, 6.45) is 9.42. The second kappa shape index (κ2) is 6.95. The fourth-order valence-corrected chi connectivity index (χ4v) is 10.7. The molecule has 0 radical (unpaired) electrons. The molecule has 13 atom stereocenters. The molecule has 6 fully saturated rings. The van der Waals surface area contributed by atoms with E-state index in [1.165, 1.54) is 25.7 Å². The van der Waals surface area contributed by atoms with Crippen LogP contribution in [0.5, 0.6) is 0 Å². The van der Waals surface area contributed by atoms with Crippen molar-refractivity contribution in [3.63, 3.8) is 0 Å². The highest BCUT2D eigenvalue weighted by molar-refractivity contribution is 5.19.